The number of alkyl halides is 3. The zero-order valence-electron chi connectivity index (χ0n) is 17.0. The van der Waals surface area contributed by atoms with Crippen LogP contribution in [0.15, 0.2) is 36.5 Å². The van der Waals surface area contributed by atoms with E-state index < -0.39 is 11.7 Å². The van der Waals surface area contributed by atoms with Gasteiger partial charge in [0, 0.05) is 30.8 Å². The molecule has 1 aliphatic heterocycles. The molecule has 5 nitrogen and oxygen atoms in total. The second kappa shape index (κ2) is 7.66. The van der Waals surface area contributed by atoms with Crippen LogP contribution in [0.4, 0.5) is 13.2 Å². The van der Waals surface area contributed by atoms with Gasteiger partial charge >= 0.3 is 6.18 Å². The zero-order valence-corrected chi connectivity index (χ0v) is 17.0. The molecule has 31 heavy (non-hydrogen) atoms. The fourth-order valence-electron chi connectivity index (χ4n) is 4.78. The summed E-state index contributed by atoms with van der Waals surface area (Å²) in [4.78, 5) is 15.0. The second-order valence-electron chi connectivity index (χ2n) is 8.48. The lowest BCUT2D eigenvalue weighted by Crippen LogP contribution is -2.39. The maximum absolute atomic E-state index is 13.2. The van der Waals surface area contributed by atoms with Crippen LogP contribution < -0.4 is 0 Å². The Morgan fingerprint density at radius 3 is 2.61 bits per heavy atom. The van der Waals surface area contributed by atoms with E-state index in [9.17, 15) is 18.0 Å². The Balaban J connectivity index is 1.40. The third-order valence-electron chi connectivity index (χ3n) is 6.43. The number of likely N-dealkylation sites (tertiary alicyclic amines) is 1. The van der Waals surface area contributed by atoms with Gasteiger partial charge in [0.2, 0.25) is 0 Å². The van der Waals surface area contributed by atoms with Gasteiger partial charge in [0.15, 0.2) is 5.65 Å². The molecule has 1 saturated heterocycles. The molecule has 1 aliphatic carbocycles. The van der Waals surface area contributed by atoms with Crippen molar-refractivity contribution < 1.29 is 18.0 Å². The van der Waals surface area contributed by atoms with Gasteiger partial charge in [-0.15, -0.1) is 10.2 Å². The van der Waals surface area contributed by atoms with Gasteiger partial charge in [-0.25, -0.2) is 0 Å². The number of carbonyl (C=O) groups excluding carboxylic acids is 1. The van der Waals surface area contributed by atoms with Crippen molar-refractivity contribution >= 4 is 11.6 Å². The molecule has 1 unspecified atom stereocenters. The first kappa shape index (κ1) is 20.0. The zero-order chi connectivity index (χ0) is 21.6. The first-order valence-corrected chi connectivity index (χ1v) is 10.7. The molecule has 0 saturated carbocycles. The normalized spacial score (nSPS) is 19.5. The van der Waals surface area contributed by atoms with Crippen molar-refractivity contribution in [2.45, 2.75) is 50.6 Å². The van der Waals surface area contributed by atoms with E-state index >= 15 is 0 Å². The van der Waals surface area contributed by atoms with Gasteiger partial charge < -0.3 is 4.90 Å². The highest BCUT2D eigenvalue weighted by Crippen LogP contribution is 2.32. The van der Waals surface area contributed by atoms with Gasteiger partial charge in [-0.2, -0.15) is 13.2 Å². The molecule has 3 heterocycles. The minimum absolute atomic E-state index is 0.0251. The minimum atomic E-state index is -4.43. The van der Waals surface area contributed by atoms with Gasteiger partial charge in [0.05, 0.1) is 5.56 Å². The molecule has 1 aromatic carbocycles. The number of benzene rings is 1. The molecule has 162 valence electrons. The molecule has 0 spiro atoms. The van der Waals surface area contributed by atoms with Crippen LogP contribution in [0.5, 0.6) is 0 Å². The summed E-state index contributed by atoms with van der Waals surface area (Å²) in [6.45, 7) is 1.06. The van der Waals surface area contributed by atoms with Crippen LogP contribution in [0.25, 0.3) is 5.65 Å². The van der Waals surface area contributed by atoms with Gasteiger partial charge in [0.1, 0.15) is 5.82 Å². The molecule has 0 N–H and O–H groups in total. The predicted octanol–water partition coefficient (Wildman–Crippen LogP) is 4.65. The third-order valence-corrected chi connectivity index (χ3v) is 6.43. The van der Waals surface area contributed by atoms with Gasteiger partial charge in [0.25, 0.3) is 5.91 Å². The summed E-state index contributed by atoms with van der Waals surface area (Å²) in [6.07, 6.45) is 2.56. The van der Waals surface area contributed by atoms with E-state index in [1.807, 2.05) is 12.1 Å². The number of pyridine rings is 1. The lowest BCUT2D eigenvalue weighted by atomic mass is 9.90. The Bertz CT molecular complexity index is 1140. The summed E-state index contributed by atoms with van der Waals surface area (Å²) in [6, 6.07) is 8.33. The van der Waals surface area contributed by atoms with Crippen LogP contribution in [0.3, 0.4) is 0 Å². The molecule has 0 bridgehead atoms. The van der Waals surface area contributed by atoms with Crippen molar-refractivity contribution in [1.29, 1.82) is 0 Å². The van der Waals surface area contributed by atoms with Crippen LogP contribution in [-0.2, 0) is 19.0 Å². The fourth-order valence-corrected chi connectivity index (χ4v) is 4.78. The van der Waals surface area contributed by atoms with Gasteiger partial charge in [-0.3, -0.25) is 9.20 Å². The summed E-state index contributed by atoms with van der Waals surface area (Å²) >= 11 is 0. The topological polar surface area (TPSA) is 50.5 Å². The summed E-state index contributed by atoms with van der Waals surface area (Å²) in [5, 5.41) is 8.21. The largest absolute Gasteiger partial charge is 0.417 e. The van der Waals surface area contributed by atoms with Crippen LogP contribution in [0.2, 0.25) is 0 Å². The Kier molecular flexibility index (Phi) is 4.95. The maximum atomic E-state index is 13.2. The minimum Gasteiger partial charge on any atom is -0.338 e. The molecule has 8 heteroatoms. The molecule has 3 aromatic rings. The molecule has 1 atom stereocenters. The second-order valence-corrected chi connectivity index (χ2v) is 8.48. The van der Waals surface area contributed by atoms with E-state index in [4.69, 9.17) is 0 Å². The molecule has 2 aliphatic rings. The highest BCUT2D eigenvalue weighted by Gasteiger charge is 2.33. The van der Waals surface area contributed by atoms with Gasteiger partial charge in [-0.05, 0) is 73.9 Å². The lowest BCUT2D eigenvalue weighted by molar-refractivity contribution is -0.137. The van der Waals surface area contributed by atoms with Crippen LogP contribution in [-0.4, -0.2) is 38.5 Å². The summed E-state index contributed by atoms with van der Waals surface area (Å²) in [7, 11) is 0. The van der Waals surface area contributed by atoms with Crippen molar-refractivity contribution in [2.75, 3.05) is 13.1 Å². The Hall–Kier alpha value is -2.90. The number of hydrogen-bond donors (Lipinski definition) is 0. The Morgan fingerprint density at radius 1 is 1.00 bits per heavy atom. The Morgan fingerprint density at radius 2 is 1.81 bits per heavy atom. The summed E-state index contributed by atoms with van der Waals surface area (Å²) in [5.41, 5.74) is 2.91. The summed E-state index contributed by atoms with van der Waals surface area (Å²) in [5.74, 6) is 0.292. The van der Waals surface area contributed by atoms with Crippen molar-refractivity contribution in [3.05, 3.63) is 64.6 Å². The van der Waals surface area contributed by atoms with E-state index in [-0.39, 0.29) is 11.8 Å². The van der Waals surface area contributed by atoms with E-state index in [0.29, 0.717) is 30.1 Å². The fraction of sp³-hybridized carbons (Fsp3) is 0.435. The number of fused-ring (bicyclic) bond motifs is 2. The first-order chi connectivity index (χ1) is 14.9. The van der Waals surface area contributed by atoms with E-state index in [0.717, 1.165) is 44.4 Å². The molecule has 0 radical (unpaired) electrons. The quantitative estimate of drug-likeness (QED) is 0.597. The monoisotopic (exact) mass is 428 g/mol. The predicted molar refractivity (Wildman–Crippen MR) is 109 cm³/mol. The number of amides is 1. The summed E-state index contributed by atoms with van der Waals surface area (Å²) < 4.78 is 40.9. The third kappa shape index (κ3) is 3.79. The lowest BCUT2D eigenvalue weighted by Gasteiger charge is -2.32. The number of aryl methyl sites for hydroxylation is 2. The number of hydrogen-bond acceptors (Lipinski definition) is 3. The molecular weight excluding hydrogens is 405 g/mol. The molecule has 1 amide bonds. The van der Waals surface area contributed by atoms with Crippen LogP contribution in [0.1, 0.15) is 64.5 Å². The van der Waals surface area contributed by atoms with E-state index in [1.54, 1.807) is 4.90 Å². The number of nitrogens with zero attached hydrogens (tertiary/aromatic N) is 4. The first-order valence-electron chi connectivity index (χ1n) is 10.7. The van der Waals surface area contributed by atoms with Crippen molar-refractivity contribution in [3.8, 4) is 0 Å². The van der Waals surface area contributed by atoms with E-state index in [1.165, 1.54) is 28.0 Å². The average Bonchev–Trinajstić information content (AvgIpc) is 3.21. The SMILES string of the molecule is O=C(c1ccc2c(c1)CCCC2)N1CCCC(c2nnc3ccc(C(F)(F)F)cn23)C1. The molecule has 1 fully saturated rings. The number of halogens is 3. The standard InChI is InChI=1S/C23H23F3N4O/c24-23(25,26)19-9-10-20-27-28-21(30(20)14-19)18-6-3-11-29(13-18)22(31)17-8-7-15-4-1-2-5-16(15)12-17/h7-10,12,14,18H,1-6,11,13H2. The number of piperidine rings is 1. The van der Waals surface area contributed by atoms with Gasteiger partial charge in [-0.1, -0.05) is 6.07 Å². The average molecular weight is 428 g/mol. The smallest absolute Gasteiger partial charge is 0.338 e. The van der Waals surface area contributed by atoms with Crippen LogP contribution in [0, 0.1) is 0 Å². The Labute approximate surface area is 177 Å². The van der Waals surface area contributed by atoms with Crippen molar-refractivity contribution in [2.24, 2.45) is 0 Å². The van der Waals surface area contributed by atoms with Crippen molar-refractivity contribution in [3.63, 3.8) is 0 Å². The molecule has 2 aromatic heterocycles. The molecule has 5 rings (SSSR count). The van der Waals surface area contributed by atoms with E-state index in [2.05, 4.69) is 16.3 Å². The molecular formula is C23H23F3N4O. The van der Waals surface area contributed by atoms with Crippen LogP contribution >= 0.6 is 0 Å². The van der Waals surface area contributed by atoms with Crippen molar-refractivity contribution in [1.82, 2.24) is 19.5 Å². The highest BCUT2D eigenvalue weighted by molar-refractivity contribution is 5.94. The number of aromatic nitrogens is 3. The number of carbonyl (C=O) groups is 1. The maximum Gasteiger partial charge on any atom is 0.417 e. The highest BCUT2D eigenvalue weighted by atomic mass is 19.4. The number of rotatable bonds is 2.